The number of rotatable bonds is 9. The maximum Gasteiger partial charge on any atom is 0.254 e. The third-order valence-corrected chi connectivity index (χ3v) is 11.1. The molecule has 3 atom stereocenters. The van der Waals surface area contributed by atoms with Gasteiger partial charge in [-0.1, -0.05) is 6.07 Å². The first kappa shape index (κ1) is 29.9. The quantitative estimate of drug-likeness (QED) is 0.244. The number of hydrogen-bond donors (Lipinski definition) is 1. The molecule has 12 heteroatoms. The molecule has 2 saturated carbocycles. The molecule has 3 unspecified atom stereocenters. The van der Waals surface area contributed by atoms with Crippen molar-refractivity contribution in [1.82, 2.24) is 29.0 Å². The monoisotopic (exact) mass is 657 g/mol. The highest BCUT2D eigenvalue weighted by molar-refractivity contribution is 6.00. The average molecular weight is 658 g/mol. The smallest absolute Gasteiger partial charge is 0.254 e. The Bertz CT molecular complexity index is 2160. The summed E-state index contributed by atoms with van der Waals surface area (Å²) in [4.78, 5) is 32.8. The van der Waals surface area contributed by atoms with Crippen LogP contribution in [0.2, 0.25) is 0 Å². The lowest BCUT2D eigenvalue weighted by Crippen LogP contribution is -2.49. The number of carbonyl (C=O) groups is 1. The summed E-state index contributed by atoms with van der Waals surface area (Å²) in [5, 5.41) is 10.4. The van der Waals surface area contributed by atoms with Gasteiger partial charge in [0.15, 0.2) is 5.82 Å². The van der Waals surface area contributed by atoms with Crippen LogP contribution in [0.1, 0.15) is 41.7 Å². The number of carbonyl (C=O) groups excluding carboxylic acids is 1. The van der Waals surface area contributed by atoms with Crippen LogP contribution in [0.4, 0.5) is 5.82 Å². The molecule has 0 spiro atoms. The number of anilines is 1. The number of nitrogens with two attached hydrogens (primary N) is 1. The van der Waals surface area contributed by atoms with E-state index in [1.54, 1.807) is 20.3 Å². The van der Waals surface area contributed by atoms with E-state index >= 15 is 0 Å². The molecular weight excluding hydrogens is 618 g/mol. The molecule has 2 aliphatic heterocycles. The zero-order chi connectivity index (χ0) is 33.4. The highest BCUT2D eigenvalue weighted by atomic mass is 16.5. The summed E-state index contributed by atoms with van der Waals surface area (Å²) < 4.78 is 16.1. The van der Waals surface area contributed by atoms with Crippen molar-refractivity contribution in [1.29, 1.82) is 5.26 Å². The zero-order valence-corrected chi connectivity index (χ0v) is 27.7. The number of amides is 1. The number of likely N-dealkylation sites (tertiary alicyclic amines) is 1. The van der Waals surface area contributed by atoms with Crippen molar-refractivity contribution in [2.45, 2.75) is 50.9 Å². The number of nitrogens with zero attached hydrogens (tertiary/aromatic N) is 8. The maximum atomic E-state index is 14.0. The average Bonchev–Trinajstić information content (AvgIpc) is 3.48. The number of aromatic nitrogens is 5. The Morgan fingerprint density at radius 2 is 1.78 bits per heavy atom. The summed E-state index contributed by atoms with van der Waals surface area (Å²) in [6, 6.07) is 17.8. The summed E-state index contributed by atoms with van der Waals surface area (Å²) in [5.74, 6) is 4.08. The Kier molecular flexibility index (Phi) is 7.02. The third kappa shape index (κ3) is 4.98. The third-order valence-electron chi connectivity index (χ3n) is 11.1. The number of fused-ring (bicyclic) bond motifs is 4. The fraction of sp³-hybridized carbons (Fsp3) is 0.432. The van der Waals surface area contributed by atoms with Gasteiger partial charge in [-0.25, -0.2) is 9.97 Å². The zero-order valence-electron chi connectivity index (χ0n) is 27.7. The molecule has 2 bridgehead atoms. The number of piperidine rings is 1. The van der Waals surface area contributed by atoms with Gasteiger partial charge in [-0.05, 0) is 73.9 Å². The van der Waals surface area contributed by atoms with E-state index in [2.05, 4.69) is 37.2 Å². The normalized spacial score (nSPS) is 21.8. The van der Waals surface area contributed by atoms with E-state index in [0.29, 0.717) is 53.7 Å². The highest BCUT2D eigenvalue weighted by Gasteiger charge is 2.47. The van der Waals surface area contributed by atoms with E-state index in [9.17, 15) is 10.1 Å². The van der Waals surface area contributed by atoms with Gasteiger partial charge >= 0.3 is 0 Å². The van der Waals surface area contributed by atoms with Crippen LogP contribution < -0.4 is 20.1 Å². The molecule has 5 aromatic rings. The van der Waals surface area contributed by atoms with Crippen LogP contribution >= 0.6 is 0 Å². The molecule has 0 radical (unpaired) electrons. The Hall–Kier alpha value is -5.15. The molecule has 9 rings (SSSR count). The van der Waals surface area contributed by atoms with Crippen LogP contribution in [0.3, 0.4) is 0 Å². The first-order valence-corrected chi connectivity index (χ1v) is 17.2. The second-order valence-corrected chi connectivity index (χ2v) is 14.1. The van der Waals surface area contributed by atoms with E-state index in [0.717, 1.165) is 71.9 Å². The van der Waals surface area contributed by atoms with Gasteiger partial charge in [0.1, 0.15) is 34.5 Å². The molecule has 2 aliphatic carbocycles. The Labute approximate surface area is 284 Å². The largest absolute Gasteiger partial charge is 0.494 e. The number of nitriles is 1. The molecule has 1 amide bonds. The lowest BCUT2D eigenvalue weighted by Gasteiger charge is -2.40. The van der Waals surface area contributed by atoms with Crippen molar-refractivity contribution < 1.29 is 14.3 Å². The molecule has 4 fully saturated rings. The predicted molar refractivity (Wildman–Crippen MR) is 184 cm³/mol. The van der Waals surface area contributed by atoms with Crippen molar-refractivity contribution in [3.05, 3.63) is 59.8 Å². The van der Waals surface area contributed by atoms with Gasteiger partial charge in [0.25, 0.3) is 5.91 Å². The van der Waals surface area contributed by atoms with Gasteiger partial charge < -0.3 is 34.1 Å². The fourth-order valence-electron chi connectivity index (χ4n) is 8.27. The summed E-state index contributed by atoms with van der Waals surface area (Å²) in [6.07, 6.45) is 4.42. The molecule has 49 heavy (non-hydrogen) atoms. The Morgan fingerprint density at radius 3 is 2.49 bits per heavy atom. The SMILES string of the molecule is COc1ccc2cc(-c3nc4cc(C(=O)N5CC6CCC5C6N)cc(OC)c4n3CC3CN(c4cccc(C#N)n4)C3)n(CC3CC3)c2n1. The van der Waals surface area contributed by atoms with Crippen molar-refractivity contribution in [3.63, 3.8) is 0 Å². The second kappa shape index (κ2) is 11.5. The van der Waals surface area contributed by atoms with E-state index < -0.39 is 0 Å². The number of pyridine rings is 2. The molecule has 2 saturated heterocycles. The Balaban J connectivity index is 1.15. The van der Waals surface area contributed by atoms with E-state index in [4.69, 9.17) is 25.2 Å². The Morgan fingerprint density at radius 1 is 0.939 bits per heavy atom. The molecule has 250 valence electrons. The first-order chi connectivity index (χ1) is 23.9. The van der Waals surface area contributed by atoms with Gasteiger partial charge in [-0.2, -0.15) is 10.2 Å². The number of methoxy groups -OCH3 is 2. The van der Waals surface area contributed by atoms with Gasteiger partial charge in [-0.3, -0.25) is 4.79 Å². The van der Waals surface area contributed by atoms with E-state index in [1.165, 1.54) is 12.8 Å². The minimum atomic E-state index is -0.0140. The summed E-state index contributed by atoms with van der Waals surface area (Å²) >= 11 is 0. The van der Waals surface area contributed by atoms with Crippen LogP contribution in [0.15, 0.2) is 48.5 Å². The van der Waals surface area contributed by atoms with Crippen LogP contribution in [-0.4, -0.2) is 80.8 Å². The summed E-state index contributed by atoms with van der Waals surface area (Å²) in [5.41, 5.74) is 10.9. The van der Waals surface area contributed by atoms with Crippen molar-refractivity contribution >= 4 is 33.8 Å². The summed E-state index contributed by atoms with van der Waals surface area (Å²) in [7, 11) is 3.30. The predicted octanol–water partition coefficient (Wildman–Crippen LogP) is 4.44. The number of hydrogen-bond acceptors (Lipinski definition) is 9. The standard InChI is InChI=1S/C37H39N9O3/c1-48-30-14-25(37(47)45-20-24-8-10-28(45)33(24)39)12-27-34(30)46(19-22-16-43(17-22)31-5-3-4-26(15-38)40-31)36(41-27)29-13-23-9-11-32(49-2)42-35(23)44(29)18-21-6-7-21/h3-5,9,11-14,21-22,24,28,33H,6-8,10,16-20,39H2,1-2H3. The van der Waals surface area contributed by atoms with Crippen LogP contribution in [-0.2, 0) is 13.1 Å². The van der Waals surface area contributed by atoms with Crippen molar-refractivity contribution in [2.24, 2.45) is 23.5 Å². The molecule has 1 aromatic carbocycles. The maximum absolute atomic E-state index is 14.0. The fourth-order valence-corrected chi connectivity index (χ4v) is 8.27. The van der Waals surface area contributed by atoms with Crippen LogP contribution in [0.25, 0.3) is 33.6 Å². The van der Waals surface area contributed by atoms with Gasteiger partial charge in [0, 0.05) is 67.7 Å². The number of imidazole rings is 1. The van der Waals surface area contributed by atoms with Gasteiger partial charge in [0.05, 0.1) is 25.4 Å². The molecular formula is C37H39N9O3. The van der Waals surface area contributed by atoms with Crippen LogP contribution in [0.5, 0.6) is 11.6 Å². The van der Waals surface area contributed by atoms with Gasteiger partial charge in [-0.15, -0.1) is 0 Å². The summed E-state index contributed by atoms with van der Waals surface area (Å²) in [6.45, 7) is 3.82. The van der Waals surface area contributed by atoms with E-state index in [-0.39, 0.29) is 18.0 Å². The molecule has 12 nitrogen and oxygen atoms in total. The highest BCUT2D eigenvalue weighted by Crippen LogP contribution is 2.41. The van der Waals surface area contributed by atoms with Crippen molar-refractivity contribution in [2.75, 3.05) is 38.8 Å². The molecule has 2 N–H and O–H groups in total. The lowest BCUT2D eigenvalue weighted by atomic mass is 9.99. The number of benzene rings is 1. The minimum absolute atomic E-state index is 0.0140. The molecule has 6 heterocycles. The van der Waals surface area contributed by atoms with E-state index in [1.807, 2.05) is 35.2 Å². The van der Waals surface area contributed by atoms with Crippen LogP contribution in [0, 0.1) is 29.1 Å². The molecule has 4 aliphatic rings. The molecule has 4 aromatic heterocycles. The minimum Gasteiger partial charge on any atom is -0.494 e. The second-order valence-electron chi connectivity index (χ2n) is 14.1. The number of ether oxygens (including phenoxy) is 2. The topological polar surface area (TPSA) is 140 Å². The van der Waals surface area contributed by atoms with Crippen molar-refractivity contribution in [3.8, 4) is 29.2 Å². The lowest BCUT2D eigenvalue weighted by molar-refractivity contribution is 0.0700. The van der Waals surface area contributed by atoms with Gasteiger partial charge in [0.2, 0.25) is 5.88 Å². The first-order valence-electron chi connectivity index (χ1n) is 17.2.